The summed E-state index contributed by atoms with van der Waals surface area (Å²) in [4.78, 5) is 12.2. The van der Waals surface area contributed by atoms with Crippen LogP contribution < -0.4 is 10.1 Å². The van der Waals surface area contributed by atoms with Crippen LogP contribution in [0.2, 0.25) is 5.02 Å². The van der Waals surface area contributed by atoms with E-state index in [1.807, 2.05) is 6.92 Å². The van der Waals surface area contributed by atoms with Crippen molar-refractivity contribution in [3.63, 3.8) is 0 Å². The van der Waals surface area contributed by atoms with E-state index in [1.54, 1.807) is 31.2 Å². The van der Waals surface area contributed by atoms with Crippen LogP contribution in [0.15, 0.2) is 36.4 Å². The highest BCUT2D eigenvalue weighted by molar-refractivity contribution is 6.31. The second-order valence-electron chi connectivity index (χ2n) is 4.51. The summed E-state index contributed by atoms with van der Waals surface area (Å²) in [5.41, 5.74) is 1.14. The summed E-state index contributed by atoms with van der Waals surface area (Å²) < 4.78 is 19.2. The number of benzene rings is 2. The van der Waals surface area contributed by atoms with Gasteiger partial charge in [0, 0.05) is 5.02 Å². The van der Waals surface area contributed by atoms with Crippen molar-refractivity contribution in [1.29, 1.82) is 0 Å². The number of rotatable bonds is 4. The van der Waals surface area contributed by atoms with E-state index >= 15 is 0 Å². The van der Waals surface area contributed by atoms with Gasteiger partial charge in [0.2, 0.25) is 0 Å². The minimum Gasteiger partial charge on any atom is -0.492 e. The highest BCUT2D eigenvalue weighted by Gasteiger charge is 2.14. The van der Waals surface area contributed by atoms with Gasteiger partial charge in [0.25, 0.3) is 5.91 Å². The smallest absolute Gasteiger partial charge is 0.258 e. The highest BCUT2D eigenvalue weighted by Crippen LogP contribution is 2.28. The van der Waals surface area contributed by atoms with Crippen LogP contribution in [0.3, 0.4) is 0 Å². The molecule has 0 spiro atoms. The van der Waals surface area contributed by atoms with E-state index in [0.29, 0.717) is 23.1 Å². The molecule has 0 bridgehead atoms. The zero-order chi connectivity index (χ0) is 15.4. The molecule has 0 saturated heterocycles. The first kappa shape index (κ1) is 15.3. The number of hydrogen-bond acceptors (Lipinski definition) is 2. The molecule has 0 aromatic heterocycles. The fourth-order valence-corrected chi connectivity index (χ4v) is 2.05. The molecule has 110 valence electrons. The van der Waals surface area contributed by atoms with Gasteiger partial charge >= 0.3 is 0 Å². The Morgan fingerprint density at radius 3 is 2.71 bits per heavy atom. The molecule has 0 heterocycles. The zero-order valence-electron chi connectivity index (χ0n) is 11.7. The van der Waals surface area contributed by atoms with E-state index in [-0.39, 0.29) is 5.56 Å². The predicted molar refractivity (Wildman–Crippen MR) is 81.7 cm³/mol. The molecule has 1 N–H and O–H groups in total. The van der Waals surface area contributed by atoms with Crippen LogP contribution in [0, 0.1) is 12.7 Å². The van der Waals surface area contributed by atoms with Crippen LogP contribution in [0.25, 0.3) is 0 Å². The average molecular weight is 308 g/mol. The Labute approximate surface area is 127 Å². The summed E-state index contributed by atoms with van der Waals surface area (Å²) in [6.45, 7) is 4.04. The Balaban J connectivity index is 2.28. The highest BCUT2D eigenvalue weighted by atomic mass is 35.5. The molecule has 0 radical (unpaired) electrons. The van der Waals surface area contributed by atoms with Crippen molar-refractivity contribution in [2.45, 2.75) is 13.8 Å². The molecule has 0 saturated carbocycles. The van der Waals surface area contributed by atoms with Crippen molar-refractivity contribution in [2.75, 3.05) is 11.9 Å². The number of halogens is 2. The summed E-state index contributed by atoms with van der Waals surface area (Å²) in [5, 5.41) is 3.08. The lowest BCUT2D eigenvalue weighted by molar-refractivity contribution is 0.102. The Bertz CT molecular complexity index is 673. The van der Waals surface area contributed by atoms with Crippen LogP contribution in [0.1, 0.15) is 22.8 Å². The number of carbonyl (C=O) groups is 1. The molecule has 2 aromatic carbocycles. The average Bonchev–Trinajstić information content (AvgIpc) is 2.41. The minimum absolute atomic E-state index is 0.0250. The van der Waals surface area contributed by atoms with E-state index in [1.165, 1.54) is 12.1 Å². The maximum Gasteiger partial charge on any atom is 0.258 e. The number of carbonyl (C=O) groups excluding carboxylic acids is 1. The molecule has 1 amide bonds. The number of anilines is 1. The van der Waals surface area contributed by atoms with Crippen molar-refractivity contribution in [3.8, 4) is 5.75 Å². The van der Waals surface area contributed by atoms with Crippen molar-refractivity contribution < 1.29 is 13.9 Å². The topological polar surface area (TPSA) is 38.3 Å². The summed E-state index contributed by atoms with van der Waals surface area (Å²) in [7, 11) is 0. The standard InChI is InChI=1S/C16H15ClFNO2/c1-3-21-15-7-5-11(17)9-14(15)19-16(20)12-6-4-10(2)8-13(12)18/h4-9H,3H2,1-2H3,(H,19,20). The zero-order valence-corrected chi connectivity index (χ0v) is 12.5. The van der Waals surface area contributed by atoms with E-state index in [4.69, 9.17) is 16.3 Å². The van der Waals surface area contributed by atoms with Crippen molar-refractivity contribution in [2.24, 2.45) is 0 Å². The van der Waals surface area contributed by atoms with Crippen molar-refractivity contribution >= 4 is 23.2 Å². The van der Waals surface area contributed by atoms with Crippen molar-refractivity contribution in [3.05, 3.63) is 58.4 Å². The van der Waals surface area contributed by atoms with Gasteiger partial charge in [-0.2, -0.15) is 0 Å². The van der Waals surface area contributed by atoms with Crippen molar-refractivity contribution in [1.82, 2.24) is 0 Å². The summed E-state index contributed by atoms with van der Waals surface area (Å²) in [5.74, 6) is -0.619. The Kier molecular flexibility index (Phi) is 4.81. The lowest BCUT2D eigenvalue weighted by atomic mass is 10.1. The SMILES string of the molecule is CCOc1ccc(Cl)cc1NC(=O)c1ccc(C)cc1F. The Morgan fingerprint density at radius 1 is 1.29 bits per heavy atom. The molecule has 0 atom stereocenters. The van der Waals surface area contributed by atoms with Crippen LogP contribution in [0.4, 0.5) is 10.1 Å². The van der Waals surface area contributed by atoms with Gasteiger partial charge in [0.1, 0.15) is 11.6 Å². The maximum absolute atomic E-state index is 13.8. The molecule has 5 heteroatoms. The van der Waals surface area contributed by atoms with Gasteiger partial charge in [-0.25, -0.2) is 4.39 Å². The first-order chi connectivity index (χ1) is 10.0. The predicted octanol–water partition coefficient (Wildman–Crippen LogP) is 4.44. The monoisotopic (exact) mass is 307 g/mol. The largest absolute Gasteiger partial charge is 0.492 e. The fraction of sp³-hybridized carbons (Fsp3) is 0.188. The van der Waals surface area contributed by atoms with Crippen LogP contribution in [-0.4, -0.2) is 12.5 Å². The molecule has 0 aliphatic rings. The summed E-state index contributed by atoms with van der Waals surface area (Å²) in [6.07, 6.45) is 0. The fourth-order valence-electron chi connectivity index (χ4n) is 1.88. The van der Waals surface area contributed by atoms with Crippen LogP contribution in [-0.2, 0) is 0 Å². The second kappa shape index (κ2) is 6.59. The quantitative estimate of drug-likeness (QED) is 0.907. The number of nitrogens with one attached hydrogen (secondary N) is 1. The molecular formula is C16H15ClFNO2. The Hall–Kier alpha value is -2.07. The third kappa shape index (κ3) is 3.73. The van der Waals surface area contributed by atoms with Gasteiger partial charge in [0.05, 0.1) is 17.9 Å². The van der Waals surface area contributed by atoms with E-state index < -0.39 is 11.7 Å². The number of hydrogen-bond donors (Lipinski definition) is 1. The molecule has 21 heavy (non-hydrogen) atoms. The lowest BCUT2D eigenvalue weighted by Gasteiger charge is -2.12. The number of ether oxygens (including phenoxy) is 1. The van der Waals surface area contributed by atoms with Crippen LogP contribution >= 0.6 is 11.6 Å². The van der Waals surface area contributed by atoms with Gasteiger partial charge in [-0.05, 0) is 49.7 Å². The minimum atomic E-state index is -0.563. The maximum atomic E-state index is 13.8. The number of aryl methyl sites for hydroxylation is 1. The van der Waals surface area contributed by atoms with Gasteiger partial charge in [-0.1, -0.05) is 17.7 Å². The molecule has 0 aliphatic carbocycles. The third-order valence-corrected chi connectivity index (χ3v) is 3.09. The van der Waals surface area contributed by atoms with Gasteiger partial charge in [-0.3, -0.25) is 4.79 Å². The molecule has 3 nitrogen and oxygen atoms in total. The summed E-state index contributed by atoms with van der Waals surface area (Å²) >= 11 is 5.92. The molecule has 0 fully saturated rings. The Morgan fingerprint density at radius 2 is 2.05 bits per heavy atom. The first-order valence-corrected chi connectivity index (χ1v) is 6.89. The third-order valence-electron chi connectivity index (χ3n) is 2.86. The lowest BCUT2D eigenvalue weighted by Crippen LogP contribution is -2.14. The van der Waals surface area contributed by atoms with Crippen LogP contribution in [0.5, 0.6) is 5.75 Å². The molecular weight excluding hydrogens is 293 g/mol. The first-order valence-electron chi connectivity index (χ1n) is 6.51. The van der Waals surface area contributed by atoms with E-state index in [9.17, 15) is 9.18 Å². The molecule has 2 aromatic rings. The number of amides is 1. The van der Waals surface area contributed by atoms with Gasteiger partial charge < -0.3 is 10.1 Å². The molecule has 0 unspecified atom stereocenters. The second-order valence-corrected chi connectivity index (χ2v) is 4.95. The molecule has 2 rings (SSSR count). The van der Waals surface area contributed by atoms with Gasteiger partial charge in [-0.15, -0.1) is 0 Å². The normalized spacial score (nSPS) is 10.3. The molecule has 0 aliphatic heterocycles. The summed E-state index contributed by atoms with van der Waals surface area (Å²) in [6, 6.07) is 9.33. The van der Waals surface area contributed by atoms with E-state index in [2.05, 4.69) is 5.32 Å². The van der Waals surface area contributed by atoms with E-state index in [0.717, 1.165) is 5.56 Å². The van der Waals surface area contributed by atoms with Gasteiger partial charge in [0.15, 0.2) is 0 Å².